The molecule has 24 heavy (non-hydrogen) atoms. The van der Waals surface area contributed by atoms with Gasteiger partial charge in [-0.2, -0.15) is 0 Å². The number of esters is 1. The van der Waals surface area contributed by atoms with Crippen LogP contribution in [0, 0.1) is 13.7 Å². The lowest BCUT2D eigenvalue weighted by molar-refractivity contribution is -0.384. The van der Waals surface area contributed by atoms with Crippen molar-refractivity contribution >= 4 is 57.8 Å². The second-order valence-electron chi connectivity index (χ2n) is 4.78. The van der Waals surface area contributed by atoms with Gasteiger partial charge in [-0.25, -0.2) is 9.79 Å². The number of benzene rings is 2. The van der Waals surface area contributed by atoms with Gasteiger partial charge in [0.25, 0.3) is 5.69 Å². The largest absolute Gasteiger partial charge is 0.402 e. The van der Waals surface area contributed by atoms with Crippen LogP contribution in [0.1, 0.15) is 11.1 Å². The second-order valence-corrected chi connectivity index (χ2v) is 6.35. The van der Waals surface area contributed by atoms with Gasteiger partial charge in [0.2, 0.25) is 5.90 Å². The summed E-state index contributed by atoms with van der Waals surface area (Å²) in [7, 11) is 0. The topological polar surface area (TPSA) is 81.8 Å². The monoisotopic (exact) mass is 454 g/mol. The van der Waals surface area contributed by atoms with Gasteiger partial charge >= 0.3 is 5.97 Å². The lowest BCUT2D eigenvalue weighted by atomic mass is 10.2. The molecule has 0 spiro atoms. The molecule has 3 rings (SSSR count). The minimum absolute atomic E-state index is 0.00304. The smallest absolute Gasteiger partial charge is 0.363 e. The Morgan fingerprint density at radius 1 is 1.25 bits per heavy atom. The van der Waals surface area contributed by atoms with Crippen molar-refractivity contribution in [3.63, 3.8) is 0 Å². The van der Waals surface area contributed by atoms with E-state index in [1.54, 1.807) is 6.08 Å². The van der Waals surface area contributed by atoms with Crippen molar-refractivity contribution in [2.24, 2.45) is 4.99 Å². The van der Waals surface area contributed by atoms with Gasteiger partial charge in [0.05, 0.1) is 4.92 Å². The zero-order valence-electron chi connectivity index (χ0n) is 11.9. The molecule has 8 heteroatoms. The van der Waals surface area contributed by atoms with Crippen molar-refractivity contribution in [1.82, 2.24) is 0 Å². The van der Waals surface area contributed by atoms with Crippen molar-refractivity contribution in [2.75, 3.05) is 0 Å². The predicted molar refractivity (Wildman–Crippen MR) is 97.9 cm³/mol. The Balaban J connectivity index is 2.00. The van der Waals surface area contributed by atoms with Crippen molar-refractivity contribution in [2.45, 2.75) is 0 Å². The average Bonchev–Trinajstić information content (AvgIpc) is 2.91. The Bertz CT molecular complexity index is 924. The van der Waals surface area contributed by atoms with E-state index < -0.39 is 10.9 Å². The fourth-order valence-electron chi connectivity index (χ4n) is 2.06. The highest BCUT2D eigenvalue weighted by molar-refractivity contribution is 14.1. The normalized spacial score (nSPS) is 15.3. The van der Waals surface area contributed by atoms with Crippen molar-refractivity contribution < 1.29 is 14.5 Å². The summed E-state index contributed by atoms with van der Waals surface area (Å²) < 4.78 is 6.08. The third kappa shape index (κ3) is 3.31. The van der Waals surface area contributed by atoms with Gasteiger partial charge in [-0.15, -0.1) is 0 Å². The molecule has 0 atom stereocenters. The van der Waals surface area contributed by atoms with Gasteiger partial charge < -0.3 is 4.74 Å². The first-order valence-electron chi connectivity index (χ1n) is 6.67. The number of hydrogen-bond acceptors (Lipinski definition) is 5. The Morgan fingerprint density at radius 3 is 2.71 bits per heavy atom. The maximum Gasteiger partial charge on any atom is 0.363 e. The first-order valence-corrected chi connectivity index (χ1v) is 8.13. The maximum absolute atomic E-state index is 12.0. The molecule has 1 aliphatic rings. The van der Waals surface area contributed by atoms with Crippen LogP contribution >= 0.6 is 34.2 Å². The summed E-state index contributed by atoms with van der Waals surface area (Å²) >= 11 is 7.93. The summed E-state index contributed by atoms with van der Waals surface area (Å²) in [6.07, 6.45) is 1.61. The molecule has 2 aromatic rings. The number of rotatable bonds is 3. The van der Waals surface area contributed by atoms with Gasteiger partial charge in [-0.1, -0.05) is 29.8 Å². The number of ether oxygens (including phenoxy) is 1. The predicted octanol–water partition coefficient (Wildman–Crippen LogP) is 4.20. The molecule has 0 unspecified atom stereocenters. The molecule has 0 amide bonds. The molecule has 0 aliphatic carbocycles. The van der Waals surface area contributed by atoms with Gasteiger partial charge in [-0.05, 0) is 52.4 Å². The van der Waals surface area contributed by atoms with E-state index in [0.717, 1.165) is 9.13 Å². The fraction of sp³-hybridized carbons (Fsp3) is 0. The lowest BCUT2D eigenvalue weighted by Gasteiger charge is -2.00. The lowest BCUT2D eigenvalue weighted by Crippen LogP contribution is -2.06. The number of carbonyl (C=O) groups is 1. The second kappa shape index (κ2) is 6.70. The number of nitro benzene ring substituents is 1. The quantitative estimate of drug-likeness (QED) is 0.229. The van der Waals surface area contributed by atoms with Crippen LogP contribution < -0.4 is 0 Å². The molecule has 0 saturated carbocycles. The van der Waals surface area contributed by atoms with Crippen LogP contribution in [0.4, 0.5) is 5.69 Å². The summed E-state index contributed by atoms with van der Waals surface area (Å²) in [6, 6.07) is 11.6. The standard InChI is InChI=1S/C16H8ClIN2O4/c17-11-6-5-10(8-14(11)20(22)23)15-19-13(16(21)24-15)7-9-3-1-2-4-12(9)18/h1-8H/b13-7+. The number of cyclic esters (lactones) is 1. The summed E-state index contributed by atoms with van der Waals surface area (Å²) in [5.74, 6) is -0.598. The molecule has 0 aromatic heterocycles. The number of nitrogens with zero attached hydrogens (tertiary/aromatic N) is 2. The van der Waals surface area contributed by atoms with E-state index in [9.17, 15) is 14.9 Å². The molecule has 120 valence electrons. The highest BCUT2D eigenvalue weighted by Crippen LogP contribution is 2.28. The van der Waals surface area contributed by atoms with E-state index >= 15 is 0 Å². The number of nitro groups is 1. The van der Waals surface area contributed by atoms with Crippen LogP contribution in [0.15, 0.2) is 53.2 Å². The molecule has 1 heterocycles. The minimum atomic E-state index is -0.609. The summed E-state index contributed by atoms with van der Waals surface area (Å²) in [5, 5.41) is 11.0. The van der Waals surface area contributed by atoms with Crippen LogP contribution in [0.5, 0.6) is 0 Å². The summed E-state index contributed by atoms with van der Waals surface area (Å²) in [6.45, 7) is 0. The van der Waals surface area contributed by atoms with Gasteiger partial charge in [0.1, 0.15) is 5.02 Å². The van der Waals surface area contributed by atoms with Crippen molar-refractivity contribution in [3.8, 4) is 0 Å². The number of hydrogen-bond donors (Lipinski definition) is 0. The third-order valence-electron chi connectivity index (χ3n) is 3.21. The summed E-state index contributed by atoms with van der Waals surface area (Å²) in [5.41, 5.74) is 0.998. The molecule has 0 N–H and O–H groups in total. The number of aliphatic imine (C=N–C) groups is 1. The molecule has 0 fully saturated rings. The van der Waals surface area contributed by atoms with Crippen LogP contribution in [-0.2, 0) is 9.53 Å². The van der Waals surface area contributed by atoms with E-state index in [0.29, 0.717) is 5.56 Å². The molecule has 0 saturated heterocycles. The minimum Gasteiger partial charge on any atom is -0.402 e. The van der Waals surface area contributed by atoms with Crippen LogP contribution in [-0.4, -0.2) is 16.8 Å². The van der Waals surface area contributed by atoms with E-state index in [1.807, 2.05) is 24.3 Å². The SMILES string of the molecule is O=C1OC(c2ccc(Cl)c([N+](=O)[O-])c2)=N/C1=C/c1ccccc1I. The first-order chi connectivity index (χ1) is 11.5. The van der Waals surface area contributed by atoms with Gasteiger partial charge in [-0.3, -0.25) is 10.1 Å². The van der Waals surface area contributed by atoms with Crippen LogP contribution in [0.2, 0.25) is 5.02 Å². The van der Waals surface area contributed by atoms with Crippen molar-refractivity contribution in [1.29, 1.82) is 0 Å². The molecular weight excluding hydrogens is 447 g/mol. The van der Waals surface area contributed by atoms with Gasteiger partial charge in [0.15, 0.2) is 5.70 Å². The highest BCUT2D eigenvalue weighted by Gasteiger charge is 2.26. The highest BCUT2D eigenvalue weighted by atomic mass is 127. The van der Waals surface area contributed by atoms with Crippen LogP contribution in [0.3, 0.4) is 0 Å². The summed E-state index contributed by atoms with van der Waals surface area (Å²) in [4.78, 5) is 26.5. The van der Waals surface area contributed by atoms with Crippen molar-refractivity contribution in [3.05, 3.63) is 78.0 Å². The molecule has 6 nitrogen and oxygen atoms in total. The molecule has 2 aromatic carbocycles. The van der Waals surface area contributed by atoms with Crippen LogP contribution in [0.25, 0.3) is 6.08 Å². The maximum atomic E-state index is 12.0. The fourth-order valence-corrected chi connectivity index (χ4v) is 2.79. The molecular formula is C16H8ClIN2O4. The van der Waals surface area contributed by atoms with Gasteiger partial charge in [0, 0.05) is 15.2 Å². The number of halogens is 2. The Morgan fingerprint density at radius 2 is 2.00 bits per heavy atom. The van der Waals surface area contributed by atoms with E-state index in [4.69, 9.17) is 16.3 Å². The Kier molecular flexibility index (Phi) is 4.63. The van der Waals surface area contributed by atoms with E-state index in [2.05, 4.69) is 27.6 Å². The molecule has 0 bridgehead atoms. The van der Waals surface area contributed by atoms with E-state index in [-0.39, 0.29) is 22.3 Å². The van der Waals surface area contributed by atoms with E-state index in [1.165, 1.54) is 18.2 Å². The first kappa shape index (κ1) is 16.6. The third-order valence-corrected chi connectivity index (χ3v) is 4.51. The Labute approximate surface area is 155 Å². The average molecular weight is 455 g/mol. The zero-order chi connectivity index (χ0) is 17.3. The number of carbonyl (C=O) groups excluding carboxylic acids is 1. The molecule has 0 radical (unpaired) electrons. The zero-order valence-corrected chi connectivity index (χ0v) is 14.8. The molecule has 1 aliphatic heterocycles. The Hall–Kier alpha value is -2.26.